The topological polar surface area (TPSA) is 95.4 Å². The number of alkyl halides is 2. The van der Waals surface area contributed by atoms with E-state index in [2.05, 4.69) is 14.9 Å². The molecule has 3 aromatic rings. The van der Waals surface area contributed by atoms with Gasteiger partial charge in [0.05, 0.1) is 16.0 Å². The lowest BCUT2D eigenvalue weighted by atomic mass is 10.1. The summed E-state index contributed by atoms with van der Waals surface area (Å²) < 4.78 is 25.6. The number of piperazine rings is 1. The van der Waals surface area contributed by atoms with Gasteiger partial charge in [-0.3, -0.25) is 14.9 Å². The molecule has 0 bridgehead atoms. The van der Waals surface area contributed by atoms with E-state index in [0.29, 0.717) is 42.8 Å². The molecule has 0 saturated carbocycles. The minimum absolute atomic E-state index is 0.0340. The van der Waals surface area contributed by atoms with Crippen LogP contribution in [0, 0.1) is 10.1 Å². The van der Waals surface area contributed by atoms with Crippen molar-refractivity contribution in [2.45, 2.75) is 6.43 Å². The number of nitro groups is 1. The number of non-ortho nitro benzene ring substituents is 1. The molecule has 0 spiro atoms. The van der Waals surface area contributed by atoms with E-state index in [4.69, 9.17) is 0 Å². The molecule has 0 aliphatic carbocycles. The van der Waals surface area contributed by atoms with Crippen molar-refractivity contribution in [3.63, 3.8) is 0 Å². The van der Waals surface area contributed by atoms with Gasteiger partial charge in [-0.05, 0) is 30.3 Å². The van der Waals surface area contributed by atoms with Crippen LogP contribution in [0.1, 0.15) is 22.6 Å². The quantitative estimate of drug-likeness (QED) is 0.534. The number of halogens is 2. The Hall–Kier alpha value is -3.56. The Kier molecular flexibility index (Phi) is 4.83. The molecule has 29 heavy (non-hydrogen) atoms. The molecule has 0 unspecified atom stereocenters. The van der Waals surface area contributed by atoms with Crippen LogP contribution < -0.4 is 4.90 Å². The monoisotopic (exact) mass is 401 g/mol. The van der Waals surface area contributed by atoms with Gasteiger partial charge in [-0.2, -0.15) is 0 Å². The van der Waals surface area contributed by atoms with Crippen molar-refractivity contribution in [3.05, 3.63) is 64.0 Å². The fourth-order valence-corrected chi connectivity index (χ4v) is 3.40. The molecule has 150 valence electrons. The third-order valence-electron chi connectivity index (χ3n) is 4.95. The highest BCUT2D eigenvalue weighted by Crippen LogP contribution is 2.23. The van der Waals surface area contributed by atoms with Gasteiger partial charge in [0.25, 0.3) is 18.0 Å². The number of aromatic amines is 1. The first-order valence-electron chi connectivity index (χ1n) is 8.99. The van der Waals surface area contributed by atoms with Crippen LogP contribution in [0.4, 0.5) is 20.2 Å². The number of aromatic nitrogens is 2. The van der Waals surface area contributed by atoms with Gasteiger partial charge in [-0.1, -0.05) is 0 Å². The summed E-state index contributed by atoms with van der Waals surface area (Å²) in [5.74, 6) is -0.593. The molecular weight excluding hydrogens is 384 g/mol. The molecule has 1 aliphatic heterocycles. The van der Waals surface area contributed by atoms with Crippen LogP contribution in [0.25, 0.3) is 11.0 Å². The molecule has 1 N–H and O–H groups in total. The van der Waals surface area contributed by atoms with Crippen molar-refractivity contribution in [1.82, 2.24) is 14.9 Å². The first-order chi connectivity index (χ1) is 13.9. The van der Waals surface area contributed by atoms with Gasteiger partial charge in [0.1, 0.15) is 0 Å². The van der Waals surface area contributed by atoms with Crippen LogP contribution in [0.2, 0.25) is 0 Å². The molecule has 1 saturated heterocycles. The van der Waals surface area contributed by atoms with Crippen LogP contribution in [0.5, 0.6) is 0 Å². The number of carbonyl (C=O) groups is 1. The van der Waals surface area contributed by atoms with E-state index < -0.39 is 17.2 Å². The number of imidazole rings is 1. The lowest BCUT2D eigenvalue weighted by Crippen LogP contribution is -2.48. The van der Waals surface area contributed by atoms with Crippen molar-refractivity contribution in [1.29, 1.82) is 0 Å². The predicted octanol–water partition coefficient (Wildman–Crippen LogP) is 3.37. The Morgan fingerprint density at radius 3 is 2.41 bits per heavy atom. The highest BCUT2D eigenvalue weighted by Gasteiger charge is 2.23. The summed E-state index contributed by atoms with van der Waals surface area (Å²) in [5.41, 5.74) is 2.09. The molecule has 8 nitrogen and oxygen atoms in total. The van der Waals surface area contributed by atoms with E-state index in [9.17, 15) is 23.7 Å². The zero-order valence-corrected chi connectivity index (χ0v) is 15.2. The second kappa shape index (κ2) is 7.46. The Balaban J connectivity index is 1.43. The van der Waals surface area contributed by atoms with Gasteiger partial charge >= 0.3 is 0 Å². The summed E-state index contributed by atoms with van der Waals surface area (Å²) in [5, 5.41) is 10.8. The summed E-state index contributed by atoms with van der Waals surface area (Å²) in [7, 11) is 0. The van der Waals surface area contributed by atoms with Crippen LogP contribution in [-0.4, -0.2) is 51.9 Å². The summed E-state index contributed by atoms with van der Waals surface area (Å²) in [4.78, 5) is 33.2. The number of nitrogens with one attached hydrogen (secondary N) is 1. The third-order valence-corrected chi connectivity index (χ3v) is 4.95. The number of benzene rings is 2. The first-order valence-corrected chi connectivity index (χ1v) is 8.99. The highest BCUT2D eigenvalue weighted by molar-refractivity contribution is 5.97. The number of nitrogens with zero attached hydrogens (tertiary/aromatic N) is 4. The van der Waals surface area contributed by atoms with Crippen LogP contribution in [-0.2, 0) is 0 Å². The number of H-pyrrole nitrogens is 1. The molecule has 4 rings (SSSR count). The summed E-state index contributed by atoms with van der Waals surface area (Å²) in [6, 6.07) is 11.0. The second-order valence-corrected chi connectivity index (χ2v) is 6.71. The minimum atomic E-state index is -2.70. The normalized spacial score (nSPS) is 14.6. The van der Waals surface area contributed by atoms with Crippen LogP contribution in [0.15, 0.2) is 42.5 Å². The van der Waals surface area contributed by atoms with E-state index in [0.717, 1.165) is 5.69 Å². The Bertz CT molecular complexity index is 1060. The van der Waals surface area contributed by atoms with Crippen molar-refractivity contribution >= 4 is 28.3 Å². The molecule has 10 heteroatoms. The largest absolute Gasteiger partial charge is 0.368 e. The molecule has 1 aromatic heterocycles. The number of nitro benzene ring substituents is 1. The second-order valence-electron chi connectivity index (χ2n) is 6.71. The number of hydrogen-bond acceptors (Lipinski definition) is 5. The van der Waals surface area contributed by atoms with Crippen LogP contribution in [0.3, 0.4) is 0 Å². The average molecular weight is 401 g/mol. The molecule has 0 radical (unpaired) electrons. The fraction of sp³-hybridized carbons (Fsp3) is 0.263. The van der Waals surface area contributed by atoms with Gasteiger partial charge in [0, 0.05) is 49.6 Å². The maximum atomic E-state index is 12.8. The van der Waals surface area contributed by atoms with Gasteiger partial charge < -0.3 is 14.8 Å². The number of anilines is 1. The molecule has 2 aromatic carbocycles. The van der Waals surface area contributed by atoms with Crippen molar-refractivity contribution in [2.75, 3.05) is 31.1 Å². The Labute approximate surface area is 163 Å². The number of fused-ring (bicyclic) bond motifs is 1. The number of hydrogen-bond donors (Lipinski definition) is 1. The van der Waals surface area contributed by atoms with Gasteiger partial charge in [0.15, 0.2) is 5.82 Å². The first kappa shape index (κ1) is 18.8. The van der Waals surface area contributed by atoms with E-state index in [1.54, 1.807) is 35.2 Å². The maximum absolute atomic E-state index is 12.8. The lowest BCUT2D eigenvalue weighted by molar-refractivity contribution is -0.384. The SMILES string of the molecule is O=C(c1ccc2nc(C(F)F)[nH]c2c1)N1CCN(c2ccc([N+](=O)[O-])cc2)CC1. The van der Waals surface area contributed by atoms with E-state index in [1.165, 1.54) is 12.1 Å². The summed E-state index contributed by atoms with van der Waals surface area (Å²) >= 11 is 0. The number of amides is 1. The summed E-state index contributed by atoms with van der Waals surface area (Å²) in [6.45, 7) is 2.15. The average Bonchev–Trinajstić information content (AvgIpc) is 3.17. The van der Waals surface area contributed by atoms with E-state index >= 15 is 0 Å². The lowest BCUT2D eigenvalue weighted by Gasteiger charge is -2.36. The molecule has 1 aliphatic rings. The smallest absolute Gasteiger partial charge is 0.295 e. The molecule has 0 atom stereocenters. The zero-order valence-electron chi connectivity index (χ0n) is 15.2. The van der Waals surface area contributed by atoms with E-state index in [1.807, 2.05) is 0 Å². The third kappa shape index (κ3) is 3.73. The van der Waals surface area contributed by atoms with Crippen LogP contribution >= 0.6 is 0 Å². The predicted molar refractivity (Wildman–Crippen MR) is 102 cm³/mol. The zero-order chi connectivity index (χ0) is 20.5. The number of carbonyl (C=O) groups excluding carboxylic acids is 1. The van der Waals surface area contributed by atoms with Crippen molar-refractivity contribution in [3.8, 4) is 0 Å². The molecule has 1 fully saturated rings. The van der Waals surface area contributed by atoms with Gasteiger partial charge in [-0.15, -0.1) is 0 Å². The summed E-state index contributed by atoms with van der Waals surface area (Å²) in [6.07, 6.45) is -2.70. The molecule has 2 heterocycles. The number of rotatable bonds is 4. The van der Waals surface area contributed by atoms with Crippen molar-refractivity contribution < 1.29 is 18.5 Å². The highest BCUT2D eigenvalue weighted by atomic mass is 19.3. The van der Waals surface area contributed by atoms with Gasteiger partial charge in [-0.25, -0.2) is 13.8 Å². The Morgan fingerprint density at radius 1 is 1.10 bits per heavy atom. The van der Waals surface area contributed by atoms with Crippen molar-refractivity contribution in [2.24, 2.45) is 0 Å². The standard InChI is InChI=1S/C19H17F2N5O3/c20-17(21)18-22-15-6-1-12(11-16(15)23-18)19(27)25-9-7-24(8-10-25)13-2-4-14(5-3-13)26(28)29/h1-6,11,17H,7-10H2,(H,22,23). The molecule has 1 amide bonds. The maximum Gasteiger partial charge on any atom is 0.295 e. The van der Waals surface area contributed by atoms with E-state index in [-0.39, 0.29) is 11.6 Å². The molecular formula is C19H17F2N5O3. The minimum Gasteiger partial charge on any atom is -0.368 e. The fourth-order valence-electron chi connectivity index (χ4n) is 3.40. The van der Waals surface area contributed by atoms with Gasteiger partial charge in [0.2, 0.25) is 0 Å². The Morgan fingerprint density at radius 2 is 1.79 bits per heavy atom.